The molecule has 5 heteroatoms. The quantitative estimate of drug-likeness (QED) is 0.659. The number of hydrogen-bond acceptors (Lipinski definition) is 4. The van der Waals surface area contributed by atoms with E-state index < -0.39 is 0 Å². The van der Waals surface area contributed by atoms with Gasteiger partial charge in [0.15, 0.2) is 0 Å². The van der Waals surface area contributed by atoms with Crippen molar-refractivity contribution in [3.63, 3.8) is 0 Å². The summed E-state index contributed by atoms with van der Waals surface area (Å²) in [5.74, 6) is 1.65. The summed E-state index contributed by atoms with van der Waals surface area (Å²) in [6, 6.07) is 15.4. The number of likely N-dealkylation sites (N-methyl/N-ethyl adjacent to an activating group) is 1. The molecule has 0 bridgehead atoms. The van der Waals surface area contributed by atoms with Gasteiger partial charge < -0.3 is 14.8 Å². The molecule has 0 radical (unpaired) electrons. The standard InChI is InChI=1S/C21H28N2O3/c1-4-23(13-6-14-26-20-8-5-7-17(2)15-20)16-21(24)22-18-9-11-19(25-3)12-10-18/h5,7-12,15H,4,6,13-14,16H2,1-3H3,(H,22,24). The maximum atomic E-state index is 12.2. The highest BCUT2D eigenvalue weighted by Gasteiger charge is 2.09. The summed E-state index contributed by atoms with van der Waals surface area (Å²) in [5.41, 5.74) is 1.96. The molecule has 0 aromatic heterocycles. The average Bonchev–Trinajstić information content (AvgIpc) is 2.65. The van der Waals surface area contributed by atoms with E-state index >= 15 is 0 Å². The van der Waals surface area contributed by atoms with Crippen molar-refractivity contribution in [2.45, 2.75) is 20.3 Å². The van der Waals surface area contributed by atoms with E-state index in [4.69, 9.17) is 9.47 Å². The molecule has 0 aliphatic carbocycles. The van der Waals surface area contributed by atoms with Crippen molar-refractivity contribution >= 4 is 11.6 Å². The molecule has 5 nitrogen and oxygen atoms in total. The number of methoxy groups -OCH3 is 1. The Kier molecular flexibility index (Phi) is 7.96. The monoisotopic (exact) mass is 356 g/mol. The third kappa shape index (κ3) is 6.76. The lowest BCUT2D eigenvalue weighted by Gasteiger charge is -2.20. The van der Waals surface area contributed by atoms with E-state index in [0.29, 0.717) is 13.2 Å². The Bertz CT molecular complexity index is 686. The molecular formula is C21H28N2O3. The molecule has 26 heavy (non-hydrogen) atoms. The topological polar surface area (TPSA) is 50.8 Å². The molecular weight excluding hydrogens is 328 g/mol. The number of hydrogen-bond donors (Lipinski definition) is 1. The van der Waals surface area contributed by atoms with Crippen molar-refractivity contribution in [3.8, 4) is 11.5 Å². The number of aryl methyl sites for hydroxylation is 1. The van der Waals surface area contributed by atoms with Crippen LogP contribution in [0.15, 0.2) is 48.5 Å². The molecule has 2 rings (SSSR count). The van der Waals surface area contributed by atoms with Gasteiger partial charge in [0, 0.05) is 12.2 Å². The molecule has 0 atom stereocenters. The van der Waals surface area contributed by atoms with Crippen molar-refractivity contribution in [2.75, 3.05) is 38.7 Å². The minimum Gasteiger partial charge on any atom is -0.497 e. The fourth-order valence-electron chi connectivity index (χ4n) is 2.61. The Labute approximate surface area is 155 Å². The first-order valence-electron chi connectivity index (χ1n) is 8.96. The third-order valence-corrected chi connectivity index (χ3v) is 4.07. The highest BCUT2D eigenvalue weighted by atomic mass is 16.5. The molecule has 0 saturated carbocycles. The van der Waals surface area contributed by atoms with Crippen molar-refractivity contribution < 1.29 is 14.3 Å². The summed E-state index contributed by atoms with van der Waals surface area (Å²) in [4.78, 5) is 14.3. The summed E-state index contributed by atoms with van der Waals surface area (Å²) in [5, 5.41) is 2.91. The zero-order valence-corrected chi connectivity index (χ0v) is 15.8. The number of anilines is 1. The molecule has 0 fully saturated rings. The summed E-state index contributed by atoms with van der Waals surface area (Å²) in [6.45, 7) is 6.75. The van der Waals surface area contributed by atoms with Gasteiger partial charge >= 0.3 is 0 Å². The minimum absolute atomic E-state index is 0.0170. The van der Waals surface area contributed by atoms with Gasteiger partial charge in [0.05, 0.1) is 20.3 Å². The van der Waals surface area contributed by atoms with Crippen molar-refractivity contribution in [2.24, 2.45) is 0 Å². The normalized spacial score (nSPS) is 10.6. The summed E-state index contributed by atoms with van der Waals surface area (Å²) >= 11 is 0. The van der Waals surface area contributed by atoms with Crippen LogP contribution < -0.4 is 14.8 Å². The van der Waals surface area contributed by atoms with Gasteiger partial charge in [0.2, 0.25) is 5.91 Å². The molecule has 0 unspecified atom stereocenters. The van der Waals surface area contributed by atoms with E-state index in [9.17, 15) is 4.79 Å². The van der Waals surface area contributed by atoms with Crippen LogP contribution in [0.25, 0.3) is 0 Å². The van der Waals surface area contributed by atoms with Gasteiger partial charge in [-0.15, -0.1) is 0 Å². The summed E-state index contributed by atoms with van der Waals surface area (Å²) in [6.07, 6.45) is 0.873. The van der Waals surface area contributed by atoms with Gasteiger partial charge in [0.1, 0.15) is 11.5 Å². The number of nitrogens with zero attached hydrogens (tertiary/aromatic N) is 1. The van der Waals surface area contributed by atoms with Gasteiger partial charge in [-0.25, -0.2) is 0 Å². The number of nitrogens with one attached hydrogen (secondary N) is 1. The second-order valence-electron chi connectivity index (χ2n) is 6.16. The fraction of sp³-hybridized carbons (Fsp3) is 0.381. The van der Waals surface area contributed by atoms with Crippen molar-refractivity contribution in [3.05, 3.63) is 54.1 Å². The van der Waals surface area contributed by atoms with Gasteiger partial charge in [-0.2, -0.15) is 0 Å². The lowest BCUT2D eigenvalue weighted by Crippen LogP contribution is -2.34. The van der Waals surface area contributed by atoms with Crippen LogP contribution in [-0.2, 0) is 4.79 Å². The fourth-order valence-corrected chi connectivity index (χ4v) is 2.61. The number of benzene rings is 2. The van der Waals surface area contributed by atoms with Gasteiger partial charge in [0.25, 0.3) is 0 Å². The van der Waals surface area contributed by atoms with E-state index in [1.54, 1.807) is 7.11 Å². The average molecular weight is 356 g/mol. The summed E-state index contributed by atoms with van der Waals surface area (Å²) in [7, 11) is 1.62. The van der Waals surface area contributed by atoms with Crippen LogP contribution in [0.5, 0.6) is 11.5 Å². The van der Waals surface area contributed by atoms with Crippen LogP contribution in [0.4, 0.5) is 5.69 Å². The zero-order valence-electron chi connectivity index (χ0n) is 15.8. The van der Waals surface area contributed by atoms with Gasteiger partial charge in [-0.3, -0.25) is 9.69 Å². The molecule has 2 aromatic carbocycles. The predicted molar refractivity (Wildman–Crippen MR) is 105 cm³/mol. The highest BCUT2D eigenvalue weighted by Crippen LogP contribution is 2.15. The number of amides is 1. The molecule has 0 aliphatic rings. The molecule has 0 aliphatic heterocycles. The van der Waals surface area contributed by atoms with E-state index in [-0.39, 0.29) is 5.91 Å². The molecule has 1 N–H and O–H groups in total. The Morgan fingerprint density at radius 1 is 1.12 bits per heavy atom. The number of rotatable bonds is 10. The lowest BCUT2D eigenvalue weighted by molar-refractivity contribution is -0.117. The van der Waals surface area contributed by atoms with E-state index in [1.807, 2.05) is 55.5 Å². The molecule has 0 spiro atoms. The van der Waals surface area contributed by atoms with Gasteiger partial charge in [-0.05, 0) is 61.9 Å². The third-order valence-electron chi connectivity index (χ3n) is 4.07. The van der Waals surface area contributed by atoms with E-state index in [2.05, 4.69) is 17.1 Å². The van der Waals surface area contributed by atoms with Gasteiger partial charge in [-0.1, -0.05) is 19.1 Å². The predicted octanol–water partition coefficient (Wildman–Crippen LogP) is 3.73. The lowest BCUT2D eigenvalue weighted by atomic mass is 10.2. The smallest absolute Gasteiger partial charge is 0.238 e. The largest absolute Gasteiger partial charge is 0.497 e. The Morgan fingerprint density at radius 2 is 1.88 bits per heavy atom. The van der Waals surface area contributed by atoms with Crippen LogP contribution in [0.1, 0.15) is 18.9 Å². The number of carbonyl (C=O) groups excluding carboxylic acids is 1. The first-order chi connectivity index (χ1) is 12.6. The maximum Gasteiger partial charge on any atom is 0.238 e. The van der Waals surface area contributed by atoms with Crippen LogP contribution in [0.2, 0.25) is 0 Å². The SMILES string of the molecule is CCN(CCCOc1cccc(C)c1)CC(=O)Nc1ccc(OC)cc1. The number of ether oxygens (including phenoxy) is 2. The Hall–Kier alpha value is -2.53. The van der Waals surface area contributed by atoms with Crippen LogP contribution in [-0.4, -0.2) is 44.2 Å². The molecule has 0 heterocycles. The molecule has 1 amide bonds. The first kappa shape index (κ1) is 19.8. The van der Waals surface area contributed by atoms with Crippen molar-refractivity contribution in [1.82, 2.24) is 4.90 Å². The minimum atomic E-state index is -0.0170. The molecule has 2 aromatic rings. The number of carbonyl (C=O) groups is 1. The Balaban J connectivity index is 1.71. The maximum absolute atomic E-state index is 12.2. The second-order valence-corrected chi connectivity index (χ2v) is 6.16. The summed E-state index contributed by atoms with van der Waals surface area (Å²) < 4.78 is 10.9. The van der Waals surface area contributed by atoms with Crippen molar-refractivity contribution in [1.29, 1.82) is 0 Å². The highest BCUT2D eigenvalue weighted by molar-refractivity contribution is 5.92. The van der Waals surface area contributed by atoms with Crippen LogP contribution in [0, 0.1) is 6.92 Å². The van der Waals surface area contributed by atoms with Crippen LogP contribution in [0.3, 0.4) is 0 Å². The first-order valence-corrected chi connectivity index (χ1v) is 8.96. The molecule has 0 saturated heterocycles. The Morgan fingerprint density at radius 3 is 2.54 bits per heavy atom. The zero-order chi connectivity index (χ0) is 18.8. The molecule has 140 valence electrons. The second kappa shape index (κ2) is 10.5. The van der Waals surface area contributed by atoms with E-state index in [0.717, 1.165) is 36.7 Å². The van der Waals surface area contributed by atoms with Crippen LogP contribution >= 0.6 is 0 Å². The van der Waals surface area contributed by atoms with E-state index in [1.165, 1.54) is 5.56 Å².